The van der Waals surface area contributed by atoms with Gasteiger partial charge in [-0.2, -0.15) is 0 Å². The molecule has 4 heteroatoms. The average Bonchev–Trinajstić information content (AvgIpc) is 2.58. The zero-order valence-corrected chi connectivity index (χ0v) is 8.23. The molecule has 0 saturated heterocycles. The van der Waals surface area contributed by atoms with Gasteiger partial charge in [-0.15, -0.1) is 11.3 Å². The highest BCUT2D eigenvalue weighted by molar-refractivity contribution is 7.17. The smallest absolute Gasteiger partial charge is 0.166 e. The van der Waals surface area contributed by atoms with Crippen molar-refractivity contribution < 1.29 is 13.9 Å². The summed E-state index contributed by atoms with van der Waals surface area (Å²) in [4.78, 5) is 10.6. The molecule has 0 N–H and O–H groups in total. The summed E-state index contributed by atoms with van der Waals surface area (Å²) in [5.41, 5.74) is 0.572. The summed E-state index contributed by atoms with van der Waals surface area (Å²) >= 11 is 1.35. The maximum absolute atomic E-state index is 13.2. The molecule has 0 unspecified atom stereocenters. The molecular weight excluding hydrogens is 203 g/mol. The maximum Gasteiger partial charge on any atom is 0.166 e. The zero-order valence-electron chi connectivity index (χ0n) is 7.41. The lowest BCUT2D eigenvalue weighted by Crippen LogP contribution is -1.87. The third-order valence-corrected chi connectivity index (χ3v) is 2.97. The predicted octanol–water partition coefficient (Wildman–Crippen LogP) is 2.86. The van der Waals surface area contributed by atoms with E-state index in [1.54, 1.807) is 11.4 Å². The highest BCUT2D eigenvalue weighted by atomic mass is 32.1. The van der Waals surface area contributed by atoms with E-state index in [0.29, 0.717) is 5.56 Å². The molecule has 2 aromatic rings. The van der Waals surface area contributed by atoms with Crippen molar-refractivity contribution in [1.82, 2.24) is 0 Å². The summed E-state index contributed by atoms with van der Waals surface area (Å²) in [5.74, 6) is -0.238. The van der Waals surface area contributed by atoms with Gasteiger partial charge < -0.3 is 4.74 Å². The van der Waals surface area contributed by atoms with Crippen LogP contribution in [0.4, 0.5) is 4.39 Å². The Hall–Kier alpha value is -1.42. The number of carbonyl (C=O) groups excluding carboxylic acids is 1. The summed E-state index contributed by atoms with van der Waals surface area (Å²) < 4.78 is 18.8. The summed E-state index contributed by atoms with van der Waals surface area (Å²) in [6, 6.07) is 2.93. The van der Waals surface area contributed by atoms with Crippen LogP contribution in [0.3, 0.4) is 0 Å². The number of benzene rings is 1. The molecule has 0 spiro atoms. The van der Waals surface area contributed by atoms with E-state index < -0.39 is 5.82 Å². The van der Waals surface area contributed by atoms with Gasteiger partial charge in [0, 0.05) is 21.0 Å². The number of hydrogen-bond acceptors (Lipinski definition) is 3. The Bertz CT molecular complexity index is 490. The monoisotopic (exact) mass is 210 g/mol. The summed E-state index contributed by atoms with van der Waals surface area (Å²) in [5, 5.41) is 2.44. The van der Waals surface area contributed by atoms with Gasteiger partial charge in [0.2, 0.25) is 0 Å². The van der Waals surface area contributed by atoms with Gasteiger partial charge in [0.05, 0.1) is 7.11 Å². The molecule has 2 nitrogen and oxygen atoms in total. The summed E-state index contributed by atoms with van der Waals surface area (Å²) in [6.45, 7) is 0. The van der Waals surface area contributed by atoms with Crippen molar-refractivity contribution in [1.29, 1.82) is 0 Å². The second kappa shape index (κ2) is 3.38. The quantitative estimate of drug-likeness (QED) is 0.712. The van der Waals surface area contributed by atoms with Gasteiger partial charge in [-0.1, -0.05) is 0 Å². The molecule has 14 heavy (non-hydrogen) atoms. The number of fused-ring (bicyclic) bond motifs is 1. The van der Waals surface area contributed by atoms with Crippen LogP contribution < -0.4 is 4.74 Å². The number of hydrogen-bond donors (Lipinski definition) is 0. The lowest BCUT2D eigenvalue weighted by Gasteiger charge is -2.01. The van der Waals surface area contributed by atoms with Crippen molar-refractivity contribution in [2.75, 3.05) is 7.11 Å². The molecule has 72 valence electrons. The minimum absolute atomic E-state index is 0.166. The number of ether oxygens (including phenoxy) is 1. The minimum Gasteiger partial charge on any atom is -0.494 e. The Morgan fingerprint density at radius 2 is 2.29 bits per heavy atom. The average molecular weight is 210 g/mol. The van der Waals surface area contributed by atoms with E-state index in [0.717, 1.165) is 16.4 Å². The normalized spacial score (nSPS) is 10.4. The first kappa shape index (κ1) is 9.15. The van der Waals surface area contributed by atoms with Crippen LogP contribution in [0.5, 0.6) is 5.75 Å². The van der Waals surface area contributed by atoms with Crippen molar-refractivity contribution in [3.63, 3.8) is 0 Å². The van der Waals surface area contributed by atoms with E-state index in [9.17, 15) is 9.18 Å². The Morgan fingerprint density at radius 3 is 2.93 bits per heavy atom. The fourth-order valence-corrected chi connectivity index (χ4v) is 2.21. The number of methoxy groups -OCH3 is 1. The van der Waals surface area contributed by atoms with Crippen molar-refractivity contribution in [3.8, 4) is 5.75 Å². The number of halogens is 1. The summed E-state index contributed by atoms with van der Waals surface area (Å²) in [7, 11) is 1.40. The topological polar surface area (TPSA) is 26.3 Å². The fraction of sp³-hybridized carbons (Fsp3) is 0.100. The number of rotatable bonds is 2. The van der Waals surface area contributed by atoms with E-state index in [1.807, 2.05) is 0 Å². The van der Waals surface area contributed by atoms with Crippen LogP contribution in [-0.4, -0.2) is 13.4 Å². The predicted molar refractivity (Wildman–Crippen MR) is 53.7 cm³/mol. The van der Waals surface area contributed by atoms with Gasteiger partial charge in [0.15, 0.2) is 17.9 Å². The van der Waals surface area contributed by atoms with Crippen LogP contribution in [-0.2, 0) is 0 Å². The molecule has 1 aromatic heterocycles. The molecule has 0 amide bonds. The van der Waals surface area contributed by atoms with Gasteiger partial charge in [-0.25, -0.2) is 4.39 Å². The lowest BCUT2D eigenvalue weighted by molar-refractivity contribution is 0.112. The van der Waals surface area contributed by atoms with E-state index in [4.69, 9.17) is 4.74 Å². The number of carbonyl (C=O) groups is 1. The molecule has 0 saturated carbocycles. The molecule has 1 heterocycles. The molecule has 0 aliphatic carbocycles. The van der Waals surface area contributed by atoms with Crippen molar-refractivity contribution in [2.24, 2.45) is 0 Å². The number of aldehydes is 1. The Labute approximate surface area is 83.9 Å². The molecule has 2 rings (SSSR count). The van der Waals surface area contributed by atoms with E-state index in [1.165, 1.54) is 24.5 Å². The SMILES string of the molecule is COc1cc2c(C=O)csc2cc1F. The lowest BCUT2D eigenvalue weighted by atomic mass is 10.2. The zero-order chi connectivity index (χ0) is 10.1. The fourth-order valence-electron chi connectivity index (χ4n) is 1.30. The van der Waals surface area contributed by atoms with Crippen molar-refractivity contribution >= 4 is 27.7 Å². The standard InChI is InChI=1S/C10H7FO2S/c1-13-9-2-7-6(4-12)5-14-10(7)3-8(9)11/h2-5H,1H3. The molecule has 0 fully saturated rings. The second-order valence-electron chi connectivity index (χ2n) is 2.79. The first-order valence-electron chi connectivity index (χ1n) is 3.96. The van der Waals surface area contributed by atoms with Crippen LogP contribution in [0.25, 0.3) is 10.1 Å². The van der Waals surface area contributed by atoms with Crippen molar-refractivity contribution in [3.05, 3.63) is 28.9 Å². The Balaban J connectivity index is 2.76. The van der Waals surface area contributed by atoms with Gasteiger partial charge in [-0.05, 0) is 12.1 Å². The Morgan fingerprint density at radius 1 is 1.50 bits per heavy atom. The van der Waals surface area contributed by atoms with Crippen LogP contribution >= 0.6 is 11.3 Å². The molecule has 0 aliphatic rings. The molecule has 0 aliphatic heterocycles. The van der Waals surface area contributed by atoms with Gasteiger partial charge in [-0.3, -0.25) is 4.79 Å². The van der Waals surface area contributed by atoms with E-state index in [-0.39, 0.29) is 5.75 Å². The number of thiophene rings is 1. The molecular formula is C10H7FO2S. The minimum atomic E-state index is -0.403. The first-order valence-corrected chi connectivity index (χ1v) is 4.84. The van der Waals surface area contributed by atoms with E-state index >= 15 is 0 Å². The van der Waals surface area contributed by atoms with Gasteiger partial charge >= 0.3 is 0 Å². The highest BCUT2D eigenvalue weighted by Gasteiger charge is 2.09. The first-order chi connectivity index (χ1) is 6.76. The molecule has 0 bridgehead atoms. The third-order valence-electron chi connectivity index (χ3n) is 2.00. The maximum atomic E-state index is 13.2. The van der Waals surface area contributed by atoms with Crippen LogP contribution in [0.2, 0.25) is 0 Å². The Kier molecular flexibility index (Phi) is 2.21. The van der Waals surface area contributed by atoms with Crippen LogP contribution in [0, 0.1) is 5.82 Å². The second-order valence-corrected chi connectivity index (χ2v) is 3.70. The van der Waals surface area contributed by atoms with Gasteiger partial charge in [0.25, 0.3) is 0 Å². The van der Waals surface area contributed by atoms with Gasteiger partial charge in [0.1, 0.15) is 0 Å². The molecule has 0 radical (unpaired) electrons. The largest absolute Gasteiger partial charge is 0.494 e. The van der Waals surface area contributed by atoms with Crippen molar-refractivity contribution in [2.45, 2.75) is 0 Å². The van der Waals surface area contributed by atoms with E-state index in [2.05, 4.69) is 0 Å². The highest BCUT2D eigenvalue weighted by Crippen LogP contribution is 2.30. The summed E-state index contributed by atoms with van der Waals surface area (Å²) in [6.07, 6.45) is 0.760. The van der Waals surface area contributed by atoms with Crippen LogP contribution in [0.1, 0.15) is 10.4 Å². The molecule has 1 aromatic carbocycles. The van der Waals surface area contributed by atoms with Crippen LogP contribution in [0.15, 0.2) is 17.5 Å². The third kappa shape index (κ3) is 1.28. The molecule has 0 atom stereocenters.